The lowest BCUT2D eigenvalue weighted by Gasteiger charge is -2.30. The molecular formula is C19H18Cl2N2O2. The van der Waals surface area contributed by atoms with E-state index in [1.807, 2.05) is 12.1 Å². The highest BCUT2D eigenvalue weighted by molar-refractivity contribution is 6.42. The number of fused-ring (bicyclic) bond motifs is 1. The van der Waals surface area contributed by atoms with E-state index in [0.29, 0.717) is 28.5 Å². The predicted molar refractivity (Wildman–Crippen MR) is 98.8 cm³/mol. The van der Waals surface area contributed by atoms with E-state index in [1.54, 1.807) is 29.4 Å². The molecule has 6 heteroatoms. The Balaban J connectivity index is 1.80. The lowest BCUT2D eigenvalue weighted by atomic mass is 10.1. The monoisotopic (exact) mass is 376 g/mol. The van der Waals surface area contributed by atoms with Crippen molar-refractivity contribution in [3.05, 3.63) is 76.0 Å². The van der Waals surface area contributed by atoms with E-state index in [0.717, 1.165) is 11.1 Å². The Morgan fingerprint density at radius 3 is 2.52 bits per heavy atom. The third kappa shape index (κ3) is 3.87. The van der Waals surface area contributed by atoms with Crippen molar-refractivity contribution in [1.82, 2.24) is 9.88 Å². The molecule has 0 fully saturated rings. The van der Waals surface area contributed by atoms with E-state index in [2.05, 4.69) is 11.6 Å². The highest BCUT2D eigenvalue weighted by Crippen LogP contribution is 2.33. The van der Waals surface area contributed by atoms with Crippen molar-refractivity contribution >= 4 is 29.1 Å². The Morgan fingerprint density at radius 2 is 2.00 bits per heavy atom. The molecule has 1 N–H and O–H groups in total. The normalized spacial score (nSPS) is 14.8. The van der Waals surface area contributed by atoms with Crippen LogP contribution in [0.1, 0.15) is 22.8 Å². The summed E-state index contributed by atoms with van der Waals surface area (Å²) >= 11 is 12.2. The fraction of sp³-hybridized carbons (Fsp3) is 0.263. The van der Waals surface area contributed by atoms with Crippen molar-refractivity contribution in [2.75, 3.05) is 6.54 Å². The number of aliphatic hydroxyl groups excluding tert-OH is 1. The van der Waals surface area contributed by atoms with Crippen LogP contribution in [0.15, 0.2) is 49.3 Å². The van der Waals surface area contributed by atoms with Crippen molar-refractivity contribution < 1.29 is 9.90 Å². The van der Waals surface area contributed by atoms with Gasteiger partial charge in [-0.05, 0) is 48.2 Å². The zero-order valence-electron chi connectivity index (χ0n) is 13.5. The summed E-state index contributed by atoms with van der Waals surface area (Å²) in [5, 5.41) is 11.5. The number of carbonyl (C=O) groups is 1. The van der Waals surface area contributed by atoms with Crippen LogP contribution in [0.4, 0.5) is 0 Å². The average molecular weight is 377 g/mol. The van der Waals surface area contributed by atoms with Gasteiger partial charge in [-0.25, -0.2) is 0 Å². The molecular weight excluding hydrogens is 359 g/mol. The summed E-state index contributed by atoms with van der Waals surface area (Å²) in [4.78, 5) is 18.1. The quantitative estimate of drug-likeness (QED) is 0.810. The predicted octanol–water partition coefficient (Wildman–Crippen LogP) is 3.60. The summed E-state index contributed by atoms with van der Waals surface area (Å²) in [6, 6.07) is 7.19. The number of benzene rings is 1. The van der Waals surface area contributed by atoms with Gasteiger partial charge in [0.25, 0.3) is 0 Å². The van der Waals surface area contributed by atoms with E-state index in [1.165, 1.54) is 6.08 Å². The molecule has 0 bridgehead atoms. The highest BCUT2D eigenvalue weighted by Gasteiger charge is 2.31. The van der Waals surface area contributed by atoms with Gasteiger partial charge in [0.2, 0.25) is 5.91 Å². The molecule has 0 saturated carbocycles. The second-order valence-electron chi connectivity index (χ2n) is 6.09. The molecule has 1 aromatic heterocycles. The van der Waals surface area contributed by atoms with Crippen LogP contribution in [0.5, 0.6) is 0 Å². The maximum Gasteiger partial charge on any atom is 0.246 e. The van der Waals surface area contributed by atoms with E-state index in [-0.39, 0.29) is 18.5 Å². The first kappa shape index (κ1) is 17.9. The molecule has 0 aliphatic heterocycles. The van der Waals surface area contributed by atoms with Gasteiger partial charge in [0.1, 0.15) is 0 Å². The molecule has 130 valence electrons. The van der Waals surface area contributed by atoms with Crippen molar-refractivity contribution in [2.24, 2.45) is 0 Å². The molecule has 25 heavy (non-hydrogen) atoms. The number of hydrogen-bond acceptors (Lipinski definition) is 3. The van der Waals surface area contributed by atoms with Gasteiger partial charge in [0, 0.05) is 24.0 Å². The standard InChI is InChI=1S/C19H18Cl2N2O2/c1-2-19(25)23(11-18(24)12-4-3-5-22-10-12)15-6-13-8-16(20)17(21)9-14(13)7-15/h2-5,8-10,15,18,24H,1,6-7,11H2. The van der Waals surface area contributed by atoms with Gasteiger partial charge < -0.3 is 10.0 Å². The fourth-order valence-electron chi connectivity index (χ4n) is 3.21. The topological polar surface area (TPSA) is 53.4 Å². The number of hydrogen-bond donors (Lipinski definition) is 1. The minimum absolute atomic E-state index is 0.0682. The summed E-state index contributed by atoms with van der Waals surface area (Å²) in [5.74, 6) is -0.210. The van der Waals surface area contributed by atoms with Crippen LogP contribution in [0.3, 0.4) is 0 Å². The van der Waals surface area contributed by atoms with E-state index in [4.69, 9.17) is 23.2 Å². The minimum atomic E-state index is -0.812. The molecule has 1 heterocycles. The Bertz CT molecular complexity index is 765. The zero-order chi connectivity index (χ0) is 18.0. The molecule has 1 aliphatic rings. The Morgan fingerprint density at radius 1 is 1.36 bits per heavy atom. The van der Waals surface area contributed by atoms with Crippen molar-refractivity contribution in [2.45, 2.75) is 25.0 Å². The van der Waals surface area contributed by atoms with Gasteiger partial charge >= 0.3 is 0 Å². The zero-order valence-corrected chi connectivity index (χ0v) is 15.0. The molecule has 3 rings (SSSR count). The number of carbonyl (C=O) groups excluding carboxylic acids is 1. The molecule has 0 radical (unpaired) electrons. The fourth-order valence-corrected chi connectivity index (χ4v) is 3.58. The maximum atomic E-state index is 12.4. The second kappa shape index (κ2) is 7.56. The third-order valence-electron chi connectivity index (χ3n) is 4.49. The lowest BCUT2D eigenvalue weighted by molar-refractivity contribution is -0.129. The van der Waals surface area contributed by atoms with E-state index >= 15 is 0 Å². The molecule has 0 spiro atoms. The molecule has 2 aromatic rings. The molecule has 1 aliphatic carbocycles. The summed E-state index contributed by atoms with van der Waals surface area (Å²) in [5.41, 5.74) is 2.83. The molecule has 1 aromatic carbocycles. The number of aromatic nitrogens is 1. The van der Waals surface area contributed by atoms with Crippen LogP contribution >= 0.6 is 23.2 Å². The van der Waals surface area contributed by atoms with Crippen LogP contribution in [0.2, 0.25) is 10.0 Å². The van der Waals surface area contributed by atoms with Crippen molar-refractivity contribution in [3.63, 3.8) is 0 Å². The SMILES string of the molecule is C=CC(=O)N(CC(O)c1cccnc1)C1Cc2cc(Cl)c(Cl)cc2C1. The van der Waals surface area contributed by atoms with Gasteiger partial charge in [-0.3, -0.25) is 9.78 Å². The van der Waals surface area contributed by atoms with Gasteiger partial charge in [0.15, 0.2) is 0 Å². The first-order valence-corrected chi connectivity index (χ1v) is 8.73. The van der Waals surface area contributed by atoms with E-state index < -0.39 is 6.10 Å². The van der Waals surface area contributed by atoms with E-state index in [9.17, 15) is 9.90 Å². The smallest absolute Gasteiger partial charge is 0.246 e. The van der Waals surface area contributed by atoms with Crippen molar-refractivity contribution in [1.29, 1.82) is 0 Å². The van der Waals surface area contributed by atoms with Gasteiger partial charge in [-0.1, -0.05) is 35.8 Å². The van der Waals surface area contributed by atoms with Gasteiger partial charge in [0.05, 0.1) is 22.7 Å². The summed E-state index contributed by atoms with van der Waals surface area (Å²) in [6.07, 6.45) is 5.05. The number of amides is 1. The van der Waals surface area contributed by atoms with Crippen LogP contribution in [0.25, 0.3) is 0 Å². The number of aliphatic hydroxyl groups is 1. The summed E-state index contributed by atoms with van der Waals surface area (Å²) in [7, 11) is 0. The number of nitrogens with zero attached hydrogens (tertiary/aromatic N) is 2. The second-order valence-corrected chi connectivity index (χ2v) is 6.91. The van der Waals surface area contributed by atoms with Crippen LogP contribution in [0, 0.1) is 0 Å². The lowest BCUT2D eigenvalue weighted by Crippen LogP contribution is -2.42. The Kier molecular flexibility index (Phi) is 5.42. The first-order chi connectivity index (χ1) is 12.0. The first-order valence-electron chi connectivity index (χ1n) is 7.97. The highest BCUT2D eigenvalue weighted by atomic mass is 35.5. The molecule has 1 atom stereocenters. The minimum Gasteiger partial charge on any atom is -0.386 e. The van der Waals surface area contributed by atoms with Gasteiger partial charge in [-0.15, -0.1) is 0 Å². The Hall–Kier alpha value is -1.88. The van der Waals surface area contributed by atoms with Crippen LogP contribution < -0.4 is 0 Å². The van der Waals surface area contributed by atoms with Crippen LogP contribution in [-0.4, -0.2) is 33.5 Å². The Labute approximate surface area is 156 Å². The van der Waals surface area contributed by atoms with Crippen molar-refractivity contribution in [3.8, 4) is 0 Å². The molecule has 1 amide bonds. The average Bonchev–Trinajstić information content (AvgIpc) is 3.02. The number of halogens is 2. The number of pyridine rings is 1. The third-order valence-corrected chi connectivity index (χ3v) is 5.21. The molecule has 4 nitrogen and oxygen atoms in total. The maximum absolute atomic E-state index is 12.4. The largest absolute Gasteiger partial charge is 0.386 e. The van der Waals surface area contributed by atoms with Crippen LogP contribution in [-0.2, 0) is 17.6 Å². The molecule has 1 unspecified atom stereocenters. The summed E-state index contributed by atoms with van der Waals surface area (Å²) < 4.78 is 0. The molecule has 0 saturated heterocycles. The summed E-state index contributed by atoms with van der Waals surface area (Å²) in [6.45, 7) is 3.76. The number of rotatable bonds is 5. The van der Waals surface area contributed by atoms with Gasteiger partial charge in [-0.2, -0.15) is 0 Å².